The Hall–Kier alpha value is -3.94. The average molecular weight is 434 g/mol. The molecule has 0 saturated carbocycles. The van der Waals surface area contributed by atoms with E-state index in [1.807, 2.05) is 54.4 Å². The van der Waals surface area contributed by atoms with Gasteiger partial charge in [-0.1, -0.05) is 18.2 Å². The third-order valence-corrected chi connectivity index (χ3v) is 4.83. The van der Waals surface area contributed by atoms with Crippen molar-refractivity contribution in [3.8, 4) is 5.75 Å². The molecule has 166 valence electrons. The van der Waals surface area contributed by atoms with E-state index in [9.17, 15) is 9.59 Å². The minimum atomic E-state index is -0.973. The van der Waals surface area contributed by atoms with Crippen LogP contribution in [0.3, 0.4) is 0 Å². The van der Waals surface area contributed by atoms with Gasteiger partial charge in [-0.25, -0.2) is 4.98 Å². The van der Waals surface area contributed by atoms with E-state index >= 15 is 0 Å². The van der Waals surface area contributed by atoms with E-state index in [4.69, 9.17) is 9.47 Å². The maximum absolute atomic E-state index is 12.6. The molecule has 1 aromatic carbocycles. The number of hydrogen-bond donors (Lipinski definition) is 1. The highest BCUT2D eigenvalue weighted by molar-refractivity contribution is 6.04. The summed E-state index contributed by atoms with van der Waals surface area (Å²) in [4.78, 5) is 35.1. The number of likely N-dealkylation sites (N-methyl/N-ethyl adjacent to an activating group) is 1. The van der Waals surface area contributed by atoms with Crippen LogP contribution in [0.1, 0.15) is 5.56 Å². The molecule has 32 heavy (non-hydrogen) atoms. The van der Waals surface area contributed by atoms with Gasteiger partial charge in [-0.2, -0.15) is 0 Å². The number of aromatic nitrogens is 2. The molecule has 0 spiro atoms. The molecule has 1 amide bonds. The third kappa shape index (κ3) is 6.53. The zero-order chi connectivity index (χ0) is 22.8. The highest BCUT2D eigenvalue weighted by Crippen LogP contribution is 2.18. The van der Waals surface area contributed by atoms with Crippen LogP contribution >= 0.6 is 0 Å². The van der Waals surface area contributed by atoms with Crippen LogP contribution in [0.15, 0.2) is 73.2 Å². The molecule has 3 rings (SSSR count). The molecule has 2 aromatic heterocycles. The molecular weight excluding hydrogens is 408 g/mol. The minimum absolute atomic E-state index is 0.210. The first-order valence-electron chi connectivity index (χ1n) is 10.2. The van der Waals surface area contributed by atoms with E-state index < -0.39 is 17.8 Å². The van der Waals surface area contributed by atoms with Gasteiger partial charge in [0, 0.05) is 19.4 Å². The van der Waals surface area contributed by atoms with Crippen LogP contribution < -0.4 is 15.0 Å². The Morgan fingerprint density at radius 1 is 1.06 bits per heavy atom. The van der Waals surface area contributed by atoms with Crippen LogP contribution in [-0.4, -0.2) is 49.2 Å². The van der Waals surface area contributed by atoms with Gasteiger partial charge in [0.15, 0.2) is 0 Å². The summed E-state index contributed by atoms with van der Waals surface area (Å²) in [7, 11) is 3.23. The van der Waals surface area contributed by atoms with E-state index in [0.717, 1.165) is 11.4 Å². The summed E-state index contributed by atoms with van der Waals surface area (Å²) in [6.07, 6.45) is 5.09. The van der Waals surface area contributed by atoms with Gasteiger partial charge in [-0.3, -0.25) is 14.6 Å². The summed E-state index contributed by atoms with van der Waals surface area (Å²) < 4.78 is 10.6. The maximum Gasteiger partial charge on any atom is 0.318 e. The van der Waals surface area contributed by atoms with E-state index in [-0.39, 0.29) is 6.42 Å². The van der Waals surface area contributed by atoms with Crippen molar-refractivity contribution in [1.29, 1.82) is 0 Å². The first kappa shape index (κ1) is 22.7. The second-order valence-electron chi connectivity index (χ2n) is 7.11. The number of ether oxygens (including phenoxy) is 2. The second kappa shape index (κ2) is 11.5. The lowest BCUT2D eigenvalue weighted by Crippen LogP contribution is -2.32. The molecule has 1 N–H and O–H groups in total. The summed E-state index contributed by atoms with van der Waals surface area (Å²) in [5, 5.41) is 2.70. The first-order chi connectivity index (χ1) is 15.6. The Morgan fingerprint density at radius 2 is 1.88 bits per heavy atom. The molecule has 0 bridgehead atoms. The van der Waals surface area contributed by atoms with Crippen LogP contribution in [-0.2, 0) is 20.7 Å². The standard InChI is InChI=1S/C24H26N4O4/c1-28(22-7-3-4-13-26-22)14-15-32-20-10-8-18(9-11-20)16-21(24(30)31-2)23(29)27-19-6-5-12-25-17-19/h3-13,17,21H,14-16H2,1-2H3,(H,27,29). The highest BCUT2D eigenvalue weighted by atomic mass is 16.5. The highest BCUT2D eigenvalue weighted by Gasteiger charge is 2.28. The molecule has 8 heteroatoms. The number of hydrogen-bond acceptors (Lipinski definition) is 7. The molecule has 0 saturated heterocycles. The molecule has 1 atom stereocenters. The van der Waals surface area contributed by atoms with Gasteiger partial charge in [0.1, 0.15) is 24.1 Å². The number of rotatable bonds is 10. The van der Waals surface area contributed by atoms with Crippen molar-refractivity contribution in [1.82, 2.24) is 9.97 Å². The molecule has 0 radical (unpaired) electrons. The lowest BCUT2D eigenvalue weighted by atomic mass is 9.98. The molecule has 0 aliphatic heterocycles. The quantitative estimate of drug-likeness (QED) is 0.387. The van der Waals surface area contributed by atoms with E-state index in [1.54, 1.807) is 24.5 Å². The van der Waals surface area contributed by atoms with Crippen LogP contribution in [0.4, 0.5) is 11.5 Å². The van der Waals surface area contributed by atoms with Crippen LogP contribution in [0.25, 0.3) is 0 Å². The number of methoxy groups -OCH3 is 1. The minimum Gasteiger partial charge on any atom is -0.492 e. The van der Waals surface area contributed by atoms with Gasteiger partial charge in [-0.05, 0) is 48.4 Å². The van der Waals surface area contributed by atoms with Crippen molar-refractivity contribution in [2.24, 2.45) is 5.92 Å². The van der Waals surface area contributed by atoms with Crippen molar-refractivity contribution in [3.63, 3.8) is 0 Å². The van der Waals surface area contributed by atoms with Gasteiger partial charge in [0.05, 0.1) is 25.5 Å². The van der Waals surface area contributed by atoms with Gasteiger partial charge < -0.3 is 19.7 Å². The Labute approximate surface area is 187 Å². The van der Waals surface area contributed by atoms with Gasteiger partial charge in [0.2, 0.25) is 5.91 Å². The number of carbonyl (C=O) groups excluding carboxylic acids is 2. The predicted octanol–water partition coefficient (Wildman–Crippen LogP) is 2.96. The molecule has 0 aliphatic rings. The van der Waals surface area contributed by atoms with Crippen molar-refractivity contribution < 1.29 is 19.1 Å². The maximum atomic E-state index is 12.6. The zero-order valence-corrected chi connectivity index (χ0v) is 18.1. The van der Waals surface area contributed by atoms with Gasteiger partial charge in [-0.15, -0.1) is 0 Å². The van der Waals surface area contributed by atoms with E-state index in [1.165, 1.54) is 13.3 Å². The van der Waals surface area contributed by atoms with Crippen LogP contribution in [0, 0.1) is 5.92 Å². The molecule has 3 aromatic rings. The number of benzene rings is 1. The molecule has 2 heterocycles. The van der Waals surface area contributed by atoms with Crippen molar-refractivity contribution >= 4 is 23.4 Å². The zero-order valence-electron chi connectivity index (χ0n) is 18.1. The summed E-state index contributed by atoms with van der Waals surface area (Å²) >= 11 is 0. The van der Waals surface area contributed by atoms with Crippen molar-refractivity contribution in [2.75, 3.05) is 37.5 Å². The number of carbonyl (C=O) groups is 2. The SMILES string of the molecule is COC(=O)C(Cc1ccc(OCCN(C)c2ccccn2)cc1)C(=O)Nc1cccnc1. The lowest BCUT2D eigenvalue weighted by molar-refractivity contribution is -0.148. The average Bonchev–Trinajstić information content (AvgIpc) is 2.84. The van der Waals surface area contributed by atoms with Crippen molar-refractivity contribution in [2.45, 2.75) is 6.42 Å². The molecule has 8 nitrogen and oxygen atoms in total. The molecule has 1 unspecified atom stereocenters. The second-order valence-corrected chi connectivity index (χ2v) is 7.11. The predicted molar refractivity (Wildman–Crippen MR) is 122 cm³/mol. The Balaban J connectivity index is 1.55. The van der Waals surface area contributed by atoms with Crippen LogP contribution in [0.2, 0.25) is 0 Å². The topological polar surface area (TPSA) is 93.7 Å². The number of esters is 1. The summed E-state index contributed by atoms with van der Waals surface area (Å²) in [5.74, 6) is -0.423. The summed E-state index contributed by atoms with van der Waals surface area (Å²) in [5.41, 5.74) is 1.34. The summed E-state index contributed by atoms with van der Waals surface area (Å²) in [6.45, 7) is 1.17. The molecule has 0 fully saturated rings. The number of amides is 1. The van der Waals surface area contributed by atoms with Crippen molar-refractivity contribution in [3.05, 3.63) is 78.8 Å². The fraction of sp³-hybridized carbons (Fsp3) is 0.250. The Bertz CT molecular complexity index is 998. The number of pyridine rings is 2. The largest absolute Gasteiger partial charge is 0.492 e. The normalized spacial score (nSPS) is 11.3. The fourth-order valence-corrected chi connectivity index (χ4v) is 3.04. The Morgan fingerprint density at radius 3 is 2.53 bits per heavy atom. The number of nitrogens with one attached hydrogen (secondary N) is 1. The fourth-order valence-electron chi connectivity index (χ4n) is 3.04. The molecule has 0 aliphatic carbocycles. The van der Waals surface area contributed by atoms with Gasteiger partial charge in [0.25, 0.3) is 0 Å². The summed E-state index contributed by atoms with van der Waals surface area (Å²) in [6, 6.07) is 16.5. The number of nitrogens with zero attached hydrogens (tertiary/aromatic N) is 3. The lowest BCUT2D eigenvalue weighted by Gasteiger charge is -2.18. The third-order valence-electron chi connectivity index (χ3n) is 4.83. The smallest absolute Gasteiger partial charge is 0.318 e. The monoisotopic (exact) mass is 434 g/mol. The molecular formula is C24H26N4O4. The van der Waals surface area contributed by atoms with Gasteiger partial charge >= 0.3 is 5.97 Å². The first-order valence-corrected chi connectivity index (χ1v) is 10.2. The Kier molecular flexibility index (Phi) is 8.14. The van der Waals surface area contributed by atoms with E-state index in [0.29, 0.717) is 24.6 Å². The van der Waals surface area contributed by atoms with E-state index in [2.05, 4.69) is 15.3 Å². The van der Waals surface area contributed by atoms with Crippen LogP contribution in [0.5, 0.6) is 5.75 Å². The number of anilines is 2.